The zero-order valence-corrected chi connectivity index (χ0v) is 13.9. The summed E-state index contributed by atoms with van der Waals surface area (Å²) in [5.41, 5.74) is 0.874. The minimum absolute atomic E-state index is 0.0709. The van der Waals surface area contributed by atoms with E-state index in [0.29, 0.717) is 12.5 Å². The van der Waals surface area contributed by atoms with Crippen LogP contribution in [0.1, 0.15) is 51.1 Å². The number of unbranched alkanes of at least 4 members (excludes halogenated alkanes) is 1. The van der Waals surface area contributed by atoms with Crippen LogP contribution in [0.2, 0.25) is 0 Å². The molecule has 1 aromatic heterocycles. The molecular formula is C17H25N5O. The van der Waals surface area contributed by atoms with Gasteiger partial charge in [-0.15, -0.1) is 5.10 Å². The number of nitrogens with zero attached hydrogens (tertiary/aromatic N) is 4. The zero-order valence-electron chi connectivity index (χ0n) is 13.9. The van der Waals surface area contributed by atoms with Gasteiger partial charge in [-0.25, -0.2) is 4.68 Å². The van der Waals surface area contributed by atoms with Gasteiger partial charge in [0.2, 0.25) is 5.91 Å². The van der Waals surface area contributed by atoms with Gasteiger partial charge in [0.1, 0.15) is 6.33 Å². The molecule has 0 radical (unpaired) electrons. The summed E-state index contributed by atoms with van der Waals surface area (Å²) in [6, 6.07) is 9.05. The first-order chi connectivity index (χ1) is 11.3. The van der Waals surface area contributed by atoms with Crippen LogP contribution in [0.4, 0.5) is 0 Å². The summed E-state index contributed by atoms with van der Waals surface area (Å²) in [6.45, 7) is 5.05. The summed E-state index contributed by atoms with van der Waals surface area (Å²) in [5.74, 6) is 0.447. The number of amides is 1. The van der Waals surface area contributed by atoms with Gasteiger partial charge in [0.15, 0.2) is 6.04 Å². The van der Waals surface area contributed by atoms with Crippen LogP contribution in [0.5, 0.6) is 0 Å². The smallest absolute Gasteiger partial charge is 0.249 e. The number of rotatable bonds is 9. The van der Waals surface area contributed by atoms with Crippen molar-refractivity contribution in [3.05, 3.63) is 42.2 Å². The van der Waals surface area contributed by atoms with E-state index in [1.54, 1.807) is 0 Å². The highest BCUT2D eigenvalue weighted by molar-refractivity contribution is 5.83. The number of benzene rings is 1. The molecule has 124 valence electrons. The zero-order chi connectivity index (χ0) is 16.5. The van der Waals surface area contributed by atoms with Crippen molar-refractivity contribution < 1.29 is 4.79 Å². The van der Waals surface area contributed by atoms with Crippen molar-refractivity contribution in [3.8, 4) is 0 Å². The molecule has 6 heteroatoms. The quantitative estimate of drug-likeness (QED) is 0.772. The number of hydrogen-bond acceptors (Lipinski definition) is 4. The van der Waals surface area contributed by atoms with Gasteiger partial charge >= 0.3 is 0 Å². The van der Waals surface area contributed by atoms with Gasteiger partial charge in [0.25, 0.3) is 0 Å². The van der Waals surface area contributed by atoms with Gasteiger partial charge in [-0.3, -0.25) is 4.79 Å². The van der Waals surface area contributed by atoms with E-state index in [9.17, 15) is 4.79 Å². The van der Waals surface area contributed by atoms with E-state index < -0.39 is 6.04 Å². The first-order valence-electron chi connectivity index (χ1n) is 8.31. The fourth-order valence-electron chi connectivity index (χ4n) is 2.63. The Kier molecular flexibility index (Phi) is 6.72. The molecule has 0 aliphatic carbocycles. The molecule has 2 aromatic rings. The normalized spacial score (nSPS) is 13.5. The maximum atomic E-state index is 12.7. The molecule has 1 heterocycles. The van der Waals surface area contributed by atoms with Crippen molar-refractivity contribution in [3.63, 3.8) is 0 Å². The molecule has 0 spiro atoms. The second-order valence-corrected chi connectivity index (χ2v) is 5.76. The van der Waals surface area contributed by atoms with Gasteiger partial charge in [0.05, 0.1) is 0 Å². The summed E-state index contributed by atoms with van der Waals surface area (Å²) in [6.07, 6.45) is 6.08. The molecule has 0 fully saturated rings. The minimum atomic E-state index is -0.533. The van der Waals surface area contributed by atoms with Crippen LogP contribution >= 0.6 is 0 Å². The highest BCUT2D eigenvalue weighted by Gasteiger charge is 2.24. The number of carbonyl (C=O) groups excluding carboxylic acids is 1. The molecule has 0 aliphatic heterocycles. The van der Waals surface area contributed by atoms with E-state index in [-0.39, 0.29) is 5.91 Å². The first kappa shape index (κ1) is 17.1. The lowest BCUT2D eigenvalue weighted by molar-refractivity contribution is -0.123. The van der Waals surface area contributed by atoms with Crippen LogP contribution in [-0.4, -0.2) is 32.7 Å². The van der Waals surface area contributed by atoms with Crippen molar-refractivity contribution in [1.82, 2.24) is 25.5 Å². The van der Waals surface area contributed by atoms with E-state index in [4.69, 9.17) is 0 Å². The predicted octanol–water partition coefficient (Wildman–Crippen LogP) is 2.60. The molecule has 1 aromatic carbocycles. The third-order valence-electron chi connectivity index (χ3n) is 4.10. The highest BCUT2D eigenvalue weighted by Crippen LogP contribution is 2.17. The average molecular weight is 315 g/mol. The molecule has 23 heavy (non-hydrogen) atoms. The molecule has 1 N–H and O–H groups in total. The van der Waals surface area contributed by atoms with Crippen molar-refractivity contribution >= 4 is 5.91 Å². The summed E-state index contributed by atoms with van der Waals surface area (Å²) in [7, 11) is 0. The van der Waals surface area contributed by atoms with Crippen molar-refractivity contribution in [2.45, 2.75) is 45.6 Å². The molecule has 0 aliphatic rings. The number of nitrogens with one attached hydrogen (secondary N) is 1. The molecule has 0 saturated heterocycles. The van der Waals surface area contributed by atoms with E-state index in [1.165, 1.54) is 23.9 Å². The molecule has 2 unspecified atom stereocenters. The Hall–Kier alpha value is -2.24. The van der Waals surface area contributed by atoms with E-state index >= 15 is 0 Å². The van der Waals surface area contributed by atoms with Gasteiger partial charge in [-0.05, 0) is 28.3 Å². The summed E-state index contributed by atoms with van der Waals surface area (Å²) >= 11 is 0. The Bertz CT molecular complexity index is 570. The van der Waals surface area contributed by atoms with Crippen molar-refractivity contribution in [2.24, 2.45) is 5.92 Å². The van der Waals surface area contributed by atoms with Crippen LogP contribution < -0.4 is 5.32 Å². The first-order valence-corrected chi connectivity index (χ1v) is 8.31. The molecule has 0 saturated carbocycles. The number of aromatic nitrogens is 4. The maximum absolute atomic E-state index is 12.7. The van der Waals surface area contributed by atoms with Crippen molar-refractivity contribution in [2.75, 3.05) is 6.54 Å². The fraction of sp³-hybridized carbons (Fsp3) is 0.529. The Morgan fingerprint density at radius 1 is 1.26 bits per heavy atom. The van der Waals surface area contributed by atoms with Gasteiger partial charge in [0, 0.05) is 6.54 Å². The standard InChI is InChI=1S/C17H25N5O/c1-3-5-9-14(4-2)12-18-17(23)16(22-13-19-20-21-22)15-10-7-6-8-11-15/h6-8,10-11,13-14,16H,3-5,9,12H2,1-2H3,(H,18,23). The highest BCUT2D eigenvalue weighted by atomic mass is 16.2. The van der Waals surface area contributed by atoms with Crippen LogP contribution in [0.15, 0.2) is 36.7 Å². The van der Waals surface area contributed by atoms with E-state index in [2.05, 4.69) is 34.7 Å². The van der Waals surface area contributed by atoms with Crippen LogP contribution in [0.25, 0.3) is 0 Å². The van der Waals surface area contributed by atoms with Crippen molar-refractivity contribution in [1.29, 1.82) is 0 Å². The fourth-order valence-corrected chi connectivity index (χ4v) is 2.63. The molecular weight excluding hydrogens is 290 g/mol. The summed E-state index contributed by atoms with van der Waals surface area (Å²) in [5, 5.41) is 14.3. The number of tetrazole rings is 1. The third kappa shape index (κ3) is 4.87. The lowest BCUT2D eigenvalue weighted by Crippen LogP contribution is -2.36. The SMILES string of the molecule is CCCCC(CC)CNC(=O)C(c1ccccc1)n1cnnn1. The lowest BCUT2D eigenvalue weighted by Gasteiger charge is -2.20. The van der Waals surface area contributed by atoms with Gasteiger partial charge in [-0.1, -0.05) is 63.4 Å². The van der Waals surface area contributed by atoms with Crippen LogP contribution in [0.3, 0.4) is 0 Å². The Labute approximate surface area is 137 Å². The Balaban J connectivity index is 2.06. The van der Waals surface area contributed by atoms with Crippen LogP contribution in [0, 0.1) is 5.92 Å². The molecule has 2 atom stereocenters. The molecule has 0 bridgehead atoms. The Morgan fingerprint density at radius 2 is 2.04 bits per heavy atom. The maximum Gasteiger partial charge on any atom is 0.249 e. The molecule has 2 rings (SSSR count). The second kappa shape index (κ2) is 9.02. The predicted molar refractivity (Wildman–Crippen MR) is 88.7 cm³/mol. The van der Waals surface area contributed by atoms with Crippen LogP contribution in [-0.2, 0) is 4.79 Å². The number of carbonyl (C=O) groups is 1. The lowest BCUT2D eigenvalue weighted by atomic mass is 9.99. The van der Waals surface area contributed by atoms with E-state index in [1.807, 2.05) is 30.3 Å². The van der Waals surface area contributed by atoms with E-state index in [0.717, 1.165) is 18.4 Å². The Morgan fingerprint density at radius 3 is 2.65 bits per heavy atom. The topological polar surface area (TPSA) is 72.7 Å². The second-order valence-electron chi connectivity index (χ2n) is 5.76. The summed E-state index contributed by atoms with van der Waals surface area (Å²) in [4.78, 5) is 12.7. The third-order valence-corrected chi connectivity index (χ3v) is 4.10. The molecule has 6 nitrogen and oxygen atoms in total. The van der Waals surface area contributed by atoms with Gasteiger partial charge < -0.3 is 5.32 Å². The minimum Gasteiger partial charge on any atom is -0.354 e. The molecule has 1 amide bonds. The number of hydrogen-bond donors (Lipinski definition) is 1. The largest absolute Gasteiger partial charge is 0.354 e. The monoisotopic (exact) mass is 315 g/mol. The average Bonchev–Trinajstić information content (AvgIpc) is 3.10. The van der Waals surface area contributed by atoms with Gasteiger partial charge in [-0.2, -0.15) is 0 Å². The summed E-state index contributed by atoms with van der Waals surface area (Å²) < 4.78 is 1.50.